The summed E-state index contributed by atoms with van der Waals surface area (Å²) in [5, 5.41) is 0.141. The minimum Gasteiger partial charge on any atom is -0.543 e. The second-order valence-electron chi connectivity index (χ2n) is 9.33. The summed E-state index contributed by atoms with van der Waals surface area (Å²) in [6.45, 7) is 20.2. The van der Waals surface area contributed by atoms with Crippen LogP contribution in [0, 0.1) is 13.8 Å². The number of ether oxygens (including phenoxy) is 1. The van der Waals surface area contributed by atoms with E-state index in [1.807, 2.05) is 0 Å². The third-order valence-corrected chi connectivity index (χ3v) is 10.2. The zero-order chi connectivity index (χ0) is 20.6. The Kier molecular flexibility index (Phi) is 6.15. The Bertz CT molecular complexity index is 814. The van der Waals surface area contributed by atoms with Crippen LogP contribution >= 0.6 is 0 Å². The molecule has 0 aliphatic carbocycles. The first-order chi connectivity index (χ1) is 12.4. The van der Waals surface area contributed by atoms with Crippen LogP contribution in [0.4, 0.5) is 0 Å². The topological polar surface area (TPSA) is 18.5 Å². The highest BCUT2D eigenvalue weighted by Gasteiger charge is 2.40. The highest BCUT2D eigenvalue weighted by atomic mass is 28.4. The lowest BCUT2D eigenvalue weighted by molar-refractivity contribution is 0.410. The summed E-state index contributed by atoms with van der Waals surface area (Å²) in [5.74, 6) is 2.38. The van der Waals surface area contributed by atoms with E-state index < -0.39 is 8.32 Å². The Morgan fingerprint density at radius 1 is 1.00 bits per heavy atom. The lowest BCUT2D eigenvalue weighted by Gasteiger charge is -2.38. The molecule has 0 saturated heterocycles. The summed E-state index contributed by atoms with van der Waals surface area (Å²) < 4.78 is 12.6. The van der Waals surface area contributed by atoms with Gasteiger partial charge in [-0.1, -0.05) is 58.9 Å². The zero-order valence-electron chi connectivity index (χ0n) is 18.8. The molecule has 0 atom stereocenters. The lowest BCUT2D eigenvalue weighted by Crippen LogP contribution is -2.44. The maximum absolute atomic E-state index is 6.88. The molecule has 2 aromatic carbocycles. The van der Waals surface area contributed by atoms with Gasteiger partial charge in [0.2, 0.25) is 0 Å². The molecule has 0 aromatic heterocycles. The normalized spacial score (nSPS) is 12.4. The number of rotatable bonds is 5. The number of methoxy groups -OCH3 is 1. The predicted molar refractivity (Wildman–Crippen MR) is 120 cm³/mol. The first-order valence-corrected chi connectivity index (χ1v) is 12.8. The summed E-state index contributed by atoms with van der Waals surface area (Å²) in [6, 6.07) is 10.8. The molecule has 3 heteroatoms. The van der Waals surface area contributed by atoms with E-state index in [9.17, 15) is 0 Å². The molecule has 2 aromatic rings. The van der Waals surface area contributed by atoms with Gasteiger partial charge in [0.25, 0.3) is 8.32 Å². The van der Waals surface area contributed by atoms with Gasteiger partial charge in [-0.15, -0.1) is 0 Å². The average Bonchev–Trinajstić information content (AvgIpc) is 2.57. The summed E-state index contributed by atoms with van der Waals surface area (Å²) >= 11 is 0. The van der Waals surface area contributed by atoms with Crippen LogP contribution in [0.25, 0.3) is 11.1 Å². The molecular formula is C24H36O2Si. The van der Waals surface area contributed by atoms with E-state index in [2.05, 4.69) is 91.9 Å². The molecule has 27 heavy (non-hydrogen) atoms. The van der Waals surface area contributed by atoms with Gasteiger partial charge in [-0.3, -0.25) is 0 Å². The van der Waals surface area contributed by atoms with E-state index in [0.29, 0.717) is 5.92 Å². The van der Waals surface area contributed by atoms with Gasteiger partial charge < -0.3 is 9.16 Å². The van der Waals surface area contributed by atoms with Crippen LogP contribution in [-0.2, 0) is 0 Å². The summed E-state index contributed by atoms with van der Waals surface area (Å²) in [5.41, 5.74) is 6.05. The van der Waals surface area contributed by atoms with Gasteiger partial charge in [0.15, 0.2) is 0 Å². The smallest absolute Gasteiger partial charge is 0.250 e. The molecule has 0 aliphatic heterocycles. The quantitative estimate of drug-likeness (QED) is 0.497. The molecule has 0 radical (unpaired) electrons. The minimum absolute atomic E-state index is 0.141. The Balaban J connectivity index is 2.82. The minimum atomic E-state index is -1.98. The summed E-state index contributed by atoms with van der Waals surface area (Å²) in [6.07, 6.45) is 0. The molecule has 2 nitrogen and oxygen atoms in total. The molecule has 0 aliphatic rings. The molecule has 148 valence electrons. The van der Waals surface area contributed by atoms with Crippen molar-refractivity contribution < 1.29 is 9.16 Å². The second-order valence-corrected chi connectivity index (χ2v) is 14.1. The SMILES string of the molecule is COc1cc(C)c(O[Si](C)(C)C(C)(C)C)c(-c2ccccc2C(C)C)c1C. The third kappa shape index (κ3) is 4.24. The molecular weight excluding hydrogens is 348 g/mol. The van der Waals surface area contributed by atoms with Crippen molar-refractivity contribution in [1.29, 1.82) is 0 Å². The van der Waals surface area contributed by atoms with Crippen LogP contribution in [-0.4, -0.2) is 15.4 Å². The fourth-order valence-electron chi connectivity index (χ4n) is 3.17. The molecule has 0 unspecified atom stereocenters. The van der Waals surface area contributed by atoms with Crippen molar-refractivity contribution in [3.63, 3.8) is 0 Å². The van der Waals surface area contributed by atoms with Crippen LogP contribution < -0.4 is 9.16 Å². The molecule has 0 amide bonds. The standard InChI is InChI=1S/C24H36O2Si/c1-16(2)19-13-11-12-14-20(19)22-18(4)21(25-8)15-17(3)23(22)26-27(9,10)24(5,6)7/h11-16H,1-10H3. The average molecular weight is 385 g/mol. The van der Waals surface area contributed by atoms with Gasteiger partial charge in [-0.2, -0.15) is 0 Å². The zero-order valence-corrected chi connectivity index (χ0v) is 19.8. The van der Waals surface area contributed by atoms with Crippen molar-refractivity contribution in [2.75, 3.05) is 7.11 Å². The van der Waals surface area contributed by atoms with E-state index in [1.54, 1.807) is 7.11 Å². The predicted octanol–water partition coefficient (Wildman–Crippen LogP) is 7.49. The van der Waals surface area contributed by atoms with Gasteiger partial charge >= 0.3 is 0 Å². The number of benzene rings is 2. The van der Waals surface area contributed by atoms with Crippen molar-refractivity contribution in [1.82, 2.24) is 0 Å². The van der Waals surface area contributed by atoms with Crippen LogP contribution in [0.1, 0.15) is 57.2 Å². The molecule has 0 spiro atoms. The van der Waals surface area contributed by atoms with Crippen molar-refractivity contribution in [2.45, 2.75) is 72.5 Å². The maximum atomic E-state index is 6.88. The number of aryl methyl sites for hydroxylation is 1. The van der Waals surface area contributed by atoms with Crippen LogP contribution in [0.5, 0.6) is 11.5 Å². The summed E-state index contributed by atoms with van der Waals surface area (Å²) in [7, 11) is -0.233. The van der Waals surface area contributed by atoms with Crippen LogP contribution in [0.2, 0.25) is 18.1 Å². The van der Waals surface area contributed by atoms with Gasteiger partial charge in [-0.25, -0.2) is 0 Å². The monoisotopic (exact) mass is 384 g/mol. The molecule has 0 saturated carbocycles. The molecule has 0 N–H and O–H groups in total. The highest BCUT2D eigenvalue weighted by molar-refractivity contribution is 6.74. The van der Waals surface area contributed by atoms with E-state index in [1.165, 1.54) is 16.7 Å². The summed E-state index contributed by atoms with van der Waals surface area (Å²) in [4.78, 5) is 0. The van der Waals surface area contributed by atoms with E-state index >= 15 is 0 Å². The third-order valence-electron chi connectivity index (χ3n) is 5.91. The molecule has 2 rings (SSSR count). The van der Waals surface area contributed by atoms with Crippen LogP contribution in [0.15, 0.2) is 30.3 Å². The Morgan fingerprint density at radius 2 is 1.59 bits per heavy atom. The van der Waals surface area contributed by atoms with E-state index in [4.69, 9.17) is 9.16 Å². The second kappa shape index (κ2) is 7.71. The Labute approximate surface area is 167 Å². The lowest BCUT2D eigenvalue weighted by atomic mass is 9.88. The Hall–Kier alpha value is -1.74. The largest absolute Gasteiger partial charge is 0.543 e. The molecule has 0 bridgehead atoms. The van der Waals surface area contributed by atoms with Gasteiger partial charge in [0, 0.05) is 11.1 Å². The highest BCUT2D eigenvalue weighted by Crippen LogP contribution is 2.46. The van der Waals surface area contributed by atoms with Crippen molar-refractivity contribution >= 4 is 8.32 Å². The Morgan fingerprint density at radius 3 is 2.11 bits per heavy atom. The first kappa shape index (κ1) is 21.6. The fraction of sp³-hybridized carbons (Fsp3) is 0.500. The van der Waals surface area contributed by atoms with E-state index in [-0.39, 0.29) is 5.04 Å². The van der Waals surface area contributed by atoms with Crippen molar-refractivity contribution in [2.24, 2.45) is 0 Å². The van der Waals surface area contributed by atoms with Gasteiger partial charge in [0.1, 0.15) is 11.5 Å². The van der Waals surface area contributed by atoms with E-state index in [0.717, 1.165) is 22.6 Å². The number of hydrogen-bond acceptors (Lipinski definition) is 2. The van der Waals surface area contributed by atoms with Crippen molar-refractivity contribution in [3.05, 3.63) is 47.0 Å². The molecule has 0 heterocycles. The maximum Gasteiger partial charge on any atom is 0.250 e. The van der Waals surface area contributed by atoms with Crippen LogP contribution in [0.3, 0.4) is 0 Å². The van der Waals surface area contributed by atoms with Crippen molar-refractivity contribution in [3.8, 4) is 22.6 Å². The van der Waals surface area contributed by atoms with Gasteiger partial charge in [-0.05, 0) is 60.7 Å². The first-order valence-electron chi connectivity index (χ1n) is 9.87. The fourth-order valence-corrected chi connectivity index (χ4v) is 4.24. The molecule has 0 fully saturated rings. The number of hydrogen-bond donors (Lipinski definition) is 0. The van der Waals surface area contributed by atoms with Gasteiger partial charge in [0.05, 0.1) is 7.11 Å².